The molecule has 0 aromatic carbocycles. The molecule has 0 radical (unpaired) electrons. The summed E-state index contributed by atoms with van der Waals surface area (Å²) in [5.74, 6) is 3.59. The maximum atomic E-state index is 13.9. The molecule has 0 aromatic rings. The molecule has 0 aromatic heterocycles. The molecule has 9 atom stereocenters. The summed E-state index contributed by atoms with van der Waals surface area (Å²) < 4.78 is 5.34. The average molecular weight is 474 g/mol. The van der Waals surface area contributed by atoms with E-state index >= 15 is 0 Å². The molecule has 4 aliphatic rings. The van der Waals surface area contributed by atoms with Crippen LogP contribution < -0.4 is 0 Å². The van der Waals surface area contributed by atoms with E-state index in [0.29, 0.717) is 54.7 Å². The van der Waals surface area contributed by atoms with Crippen molar-refractivity contribution in [2.75, 3.05) is 13.1 Å². The molecule has 192 valence electrons. The predicted octanol–water partition coefficient (Wildman–Crippen LogP) is 5.65. The van der Waals surface area contributed by atoms with Gasteiger partial charge in [-0.2, -0.15) is 0 Å². The molecule has 1 amide bonds. The van der Waals surface area contributed by atoms with Crippen molar-refractivity contribution in [1.82, 2.24) is 4.90 Å². The van der Waals surface area contributed by atoms with Crippen LogP contribution in [0.15, 0.2) is 0 Å². The molecule has 4 saturated carbocycles. The van der Waals surface area contributed by atoms with Gasteiger partial charge >= 0.3 is 0 Å². The molecule has 4 aliphatic carbocycles. The fourth-order valence-corrected chi connectivity index (χ4v) is 9.49. The molecular weight excluding hydrogens is 426 g/mol. The van der Waals surface area contributed by atoms with Crippen LogP contribution >= 0.6 is 0 Å². The number of carbonyl (C=O) groups is 3. The van der Waals surface area contributed by atoms with E-state index in [1.165, 1.54) is 12.8 Å². The fourth-order valence-electron chi connectivity index (χ4n) is 9.49. The maximum absolute atomic E-state index is 13.9. The molecule has 4 rings (SSSR count). The number of amides is 1. The number of carbonyl (C=O) groups excluding carboxylic acids is 3. The number of hydrogen-bond donors (Lipinski definition) is 0. The number of fused-ring (bicyclic) bond motifs is 5. The molecule has 5 nitrogen and oxygen atoms in total. The Morgan fingerprint density at radius 3 is 2.53 bits per heavy atom. The molecule has 0 N–H and O–H groups in total. The Bertz CT molecular complexity index is 778. The second kappa shape index (κ2) is 9.93. The van der Waals surface area contributed by atoms with Gasteiger partial charge in [0.2, 0.25) is 5.91 Å². The molecular formula is C29H47NO4. The second-order valence-electron chi connectivity index (χ2n) is 12.6. The van der Waals surface area contributed by atoms with Gasteiger partial charge in [0.05, 0.1) is 0 Å². The Hall–Kier alpha value is -1.39. The van der Waals surface area contributed by atoms with E-state index in [1.807, 2.05) is 4.90 Å². The Morgan fingerprint density at radius 2 is 1.85 bits per heavy atom. The van der Waals surface area contributed by atoms with Gasteiger partial charge in [0, 0.05) is 31.8 Å². The third-order valence-electron chi connectivity index (χ3n) is 11.2. The van der Waals surface area contributed by atoms with E-state index in [4.69, 9.17) is 4.74 Å². The first-order valence-electron chi connectivity index (χ1n) is 14.1. The maximum Gasteiger partial charge on any atom is 0.293 e. The number of Topliss-reactive ketones (excluding diaryl/α,β-unsaturated/α-hetero) is 1. The van der Waals surface area contributed by atoms with Crippen LogP contribution in [0.5, 0.6) is 0 Å². The molecule has 4 fully saturated rings. The van der Waals surface area contributed by atoms with Crippen molar-refractivity contribution in [2.45, 2.75) is 105 Å². The van der Waals surface area contributed by atoms with Crippen molar-refractivity contribution < 1.29 is 19.1 Å². The van der Waals surface area contributed by atoms with E-state index in [-0.39, 0.29) is 28.8 Å². The lowest BCUT2D eigenvalue weighted by atomic mass is 9.44. The summed E-state index contributed by atoms with van der Waals surface area (Å²) in [4.78, 5) is 39.3. The van der Waals surface area contributed by atoms with Gasteiger partial charge in [-0.1, -0.05) is 20.8 Å². The zero-order valence-corrected chi connectivity index (χ0v) is 22.2. The number of rotatable bonds is 8. The highest BCUT2D eigenvalue weighted by atomic mass is 16.5. The lowest BCUT2D eigenvalue weighted by Crippen LogP contribution is -2.58. The minimum Gasteiger partial charge on any atom is -0.465 e. The number of ether oxygens (including phenoxy) is 1. The first kappa shape index (κ1) is 25.7. The van der Waals surface area contributed by atoms with Crippen molar-refractivity contribution in [3.63, 3.8) is 0 Å². The highest BCUT2D eigenvalue weighted by Gasteiger charge is 2.63. The van der Waals surface area contributed by atoms with Crippen LogP contribution in [0, 0.1) is 46.3 Å². The molecule has 0 saturated heterocycles. The normalized spacial score (nSPS) is 42.2. The number of ketones is 1. The van der Waals surface area contributed by atoms with Crippen LogP contribution in [0.3, 0.4) is 0 Å². The van der Waals surface area contributed by atoms with Crippen LogP contribution in [-0.2, 0) is 19.1 Å². The average Bonchev–Trinajstić information content (AvgIpc) is 3.15. The van der Waals surface area contributed by atoms with Gasteiger partial charge in [-0.25, -0.2) is 0 Å². The van der Waals surface area contributed by atoms with Crippen LogP contribution in [0.4, 0.5) is 0 Å². The molecule has 2 unspecified atom stereocenters. The van der Waals surface area contributed by atoms with Gasteiger partial charge in [0.25, 0.3) is 6.47 Å². The largest absolute Gasteiger partial charge is 0.465 e. The van der Waals surface area contributed by atoms with Gasteiger partial charge in [-0.05, 0) is 106 Å². The number of hydrogen-bond acceptors (Lipinski definition) is 4. The van der Waals surface area contributed by atoms with Gasteiger partial charge in [-0.3, -0.25) is 14.4 Å². The van der Waals surface area contributed by atoms with E-state index in [0.717, 1.165) is 51.6 Å². The van der Waals surface area contributed by atoms with Crippen molar-refractivity contribution in [1.29, 1.82) is 0 Å². The number of nitrogens with zero attached hydrogens (tertiary/aromatic N) is 1. The fraction of sp³-hybridized carbons (Fsp3) is 0.897. The lowest BCUT2D eigenvalue weighted by molar-refractivity contribution is -0.166. The minimum absolute atomic E-state index is 0.0341. The molecule has 34 heavy (non-hydrogen) atoms. The van der Waals surface area contributed by atoms with Gasteiger partial charge in [0.1, 0.15) is 11.9 Å². The predicted molar refractivity (Wildman–Crippen MR) is 133 cm³/mol. The zero-order valence-electron chi connectivity index (χ0n) is 22.2. The molecule has 0 heterocycles. The van der Waals surface area contributed by atoms with Crippen molar-refractivity contribution in [3.05, 3.63) is 0 Å². The first-order chi connectivity index (χ1) is 16.2. The van der Waals surface area contributed by atoms with E-state index < -0.39 is 0 Å². The summed E-state index contributed by atoms with van der Waals surface area (Å²) >= 11 is 0. The van der Waals surface area contributed by atoms with E-state index in [2.05, 4.69) is 34.6 Å². The van der Waals surface area contributed by atoms with Gasteiger partial charge in [-0.15, -0.1) is 0 Å². The summed E-state index contributed by atoms with van der Waals surface area (Å²) in [5, 5.41) is 0. The van der Waals surface area contributed by atoms with Crippen molar-refractivity contribution in [3.8, 4) is 0 Å². The third-order valence-corrected chi connectivity index (χ3v) is 11.2. The van der Waals surface area contributed by atoms with Gasteiger partial charge in [0.15, 0.2) is 0 Å². The standard InChI is InChI=1S/C29H47NO4/c1-6-30(7-2)26(33)13-8-19(3)23-11-12-24-22-10-9-20-16-21(34-18-31)14-15-28(20,4)27(22)25(32)17-29(23,24)5/h18-24,27H,6-17H2,1-5H3/t19-,20?,21?,22+,23-,24+,27-,28+,29-/m1/s1. The summed E-state index contributed by atoms with van der Waals surface area (Å²) in [6.45, 7) is 13.4. The van der Waals surface area contributed by atoms with E-state index in [9.17, 15) is 14.4 Å². The zero-order chi connectivity index (χ0) is 24.7. The topological polar surface area (TPSA) is 63.7 Å². The van der Waals surface area contributed by atoms with Crippen LogP contribution in [0.1, 0.15) is 98.8 Å². The quantitative estimate of drug-likeness (QED) is 0.427. The highest BCUT2D eigenvalue weighted by Crippen LogP contribution is 2.67. The monoisotopic (exact) mass is 473 g/mol. The first-order valence-corrected chi connectivity index (χ1v) is 14.1. The molecule has 0 aliphatic heterocycles. The Balaban J connectivity index is 1.47. The SMILES string of the molecule is CCN(CC)C(=O)CC[C@@H](C)[C@H]1CC[C@H]2[C@@H]3CCC4CC(OC=O)CC[C@]4(C)[C@H]3C(=O)C[C@]12C. The van der Waals surface area contributed by atoms with Crippen LogP contribution in [-0.4, -0.2) is 42.3 Å². The summed E-state index contributed by atoms with van der Waals surface area (Å²) in [7, 11) is 0. The molecule has 5 heteroatoms. The minimum atomic E-state index is 0.0341. The summed E-state index contributed by atoms with van der Waals surface area (Å²) in [6, 6.07) is 0. The van der Waals surface area contributed by atoms with Crippen molar-refractivity contribution in [2.24, 2.45) is 46.3 Å². The Kier molecular flexibility index (Phi) is 7.51. The summed E-state index contributed by atoms with van der Waals surface area (Å²) in [5.41, 5.74) is 0.140. The Morgan fingerprint density at radius 1 is 1.12 bits per heavy atom. The second-order valence-corrected chi connectivity index (χ2v) is 12.6. The summed E-state index contributed by atoms with van der Waals surface area (Å²) in [6.07, 6.45) is 9.88. The third kappa shape index (κ3) is 4.23. The molecule has 0 bridgehead atoms. The Labute approximate surface area is 206 Å². The van der Waals surface area contributed by atoms with Gasteiger partial charge < -0.3 is 9.64 Å². The highest BCUT2D eigenvalue weighted by molar-refractivity contribution is 5.84. The van der Waals surface area contributed by atoms with Crippen LogP contribution in [0.2, 0.25) is 0 Å². The van der Waals surface area contributed by atoms with Crippen LogP contribution in [0.25, 0.3) is 0 Å². The molecule has 0 spiro atoms. The lowest BCUT2D eigenvalue weighted by Gasteiger charge is -2.60. The van der Waals surface area contributed by atoms with E-state index in [1.54, 1.807) is 0 Å². The smallest absolute Gasteiger partial charge is 0.293 e. The van der Waals surface area contributed by atoms with Crippen molar-refractivity contribution >= 4 is 18.2 Å².